The molecule has 4 aromatic rings. The molecule has 10 heteroatoms. The van der Waals surface area contributed by atoms with Gasteiger partial charge in [-0.2, -0.15) is 4.31 Å². The first-order valence-corrected chi connectivity index (χ1v) is 14.0. The molecule has 3 heterocycles. The van der Waals surface area contributed by atoms with E-state index in [4.69, 9.17) is 0 Å². The standard InChI is InChI=1S/C25H27N5O3S2/c1-3-22(34-25-28-27-23-16-17(2)20-8-4-5-9-21(20)30(23)25)24(31)26-18-10-12-19(13-11-18)35(32,33)29-14-6-7-15-29/h4-5,8-13,16,22H,3,6-7,14-15H2,1-2H3,(H,26,31). The predicted molar refractivity (Wildman–Crippen MR) is 138 cm³/mol. The van der Waals surface area contributed by atoms with Gasteiger partial charge in [-0.15, -0.1) is 10.2 Å². The lowest BCUT2D eigenvalue weighted by Crippen LogP contribution is -2.28. The molecule has 0 saturated carbocycles. The summed E-state index contributed by atoms with van der Waals surface area (Å²) in [6.07, 6.45) is 2.37. The van der Waals surface area contributed by atoms with Crippen molar-refractivity contribution in [2.24, 2.45) is 0 Å². The SMILES string of the molecule is CCC(Sc1nnc2cc(C)c3ccccc3n12)C(=O)Nc1ccc(S(=O)(=O)N2CCCC2)cc1. The van der Waals surface area contributed by atoms with Gasteiger partial charge < -0.3 is 5.32 Å². The Labute approximate surface area is 208 Å². The number of carbonyl (C=O) groups excluding carboxylic acids is 1. The van der Waals surface area contributed by atoms with Crippen LogP contribution in [0.1, 0.15) is 31.7 Å². The maximum Gasteiger partial charge on any atom is 0.243 e. The quantitative estimate of drug-likeness (QED) is 0.369. The molecule has 0 aliphatic carbocycles. The molecular formula is C25H27N5O3S2. The predicted octanol–water partition coefficient (Wildman–Crippen LogP) is 4.48. The zero-order valence-corrected chi connectivity index (χ0v) is 21.3. The number of thioether (sulfide) groups is 1. The highest BCUT2D eigenvalue weighted by Gasteiger charge is 2.27. The molecule has 2 aromatic carbocycles. The van der Waals surface area contributed by atoms with Crippen molar-refractivity contribution in [3.05, 3.63) is 60.2 Å². The minimum Gasteiger partial charge on any atom is -0.325 e. The van der Waals surface area contributed by atoms with Gasteiger partial charge in [-0.25, -0.2) is 8.42 Å². The highest BCUT2D eigenvalue weighted by molar-refractivity contribution is 8.00. The largest absolute Gasteiger partial charge is 0.325 e. The van der Waals surface area contributed by atoms with E-state index in [2.05, 4.69) is 21.6 Å². The van der Waals surface area contributed by atoms with Gasteiger partial charge in [-0.3, -0.25) is 9.20 Å². The van der Waals surface area contributed by atoms with Crippen LogP contribution < -0.4 is 5.32 Å². The van der Waals surface area contributed by atoms with E-state index in [9.17, 15) is 13.2 Å². The Kier molecular flexibility index (Phi) is 6.52. The number of para-hydroxylation sites is 1. The first-order valence-electron chi connectivity index (χ1n) is 11.7. The molecule has 5 rings (SSSR count). The number of hydrogen-bond acceptors (Lipinski definition) is 6. The van der Waals surface area contributed by atoms with Gasteiger partial charge in [0.25, 0.3) is 0 Å². The van der Waals surface area contributed by atoms with Crippen LogP contribution in [0.25, 0.3) is 16.6 Å². The first-order chi connectivity index (χ1) is 16.9. The maximum atomic E-state index is 13.1. The number of carbonyl (C=O) groups is 1. The Hall–Kier alpha value is -2.95. The molecule has 0 radical (unpaired) electrons. The zero-order valence-electron chi connectivity index (χ0n) is 19.6. The number of anilines is 1. The van der Waals surface area contributed by atoms with Crippen molar-refractivity contribution in [2.45, 2.75) is 48.4 Å². The highest BCUT2D eigenvalue weighted by Crippen LogP contribution is 2.30. The highest BCUT2D eigenvalue weighted by atomic mass is 32.2. The van der Waals surface area contributed by atoms with Crippen LogP contribution in [0, 0.1) is 6.92 Å². The number of hydrogen-bond donors (Lipinski definition) is 1. The normalized spacial score (nSPS) is 15.6. The van der Waals surface area contributed by atoms with Gasteiger partial charge in [-0.1, -0.05) is 36.9 Å². The molecule has 35 heavy (non-hydrogen) atoms. The average molecular weight is 510 g/mol. The van der Waals surface area contributed by atoms with E-state index >= 15 is 0 Å². The maximum absolute atomic E-state index is 13.1. The topological polar surface area (TPSA) is 96.7 Å². The Balaban J connectivity index is 1.34. The molecule has 182 valence electrons. The number of amides is 1. The monoisotopic (exact) mass is 509 g/mol. The van der Waals surface area contributed by atoms with Crippen molar-refractivity contribution in [3.8, 4) is 0 Å². The van der Waals surface area contributed by atoms with Crippen LogP contribution in [-0.4, -0.2) is 51.6 Å². The van der Waals surface area contributed by atoms with E-state index in [0.717, 1.165) is 35.0 Å². The second kappa shape index (κ2) is 9.60. The molecule has 1 aliphatic heterocycles. The van der Waals surface area contributed by atoms with E-state index < -0.39 is 15.3 Å². The van der Waals surface area contributed by atoms with Crippen molar-refractivity contribution in [3.63, 3.8) is 0 Å². The Morgan fingerprint density at radius 3 is 2.51 bits per heavy atom. The second-order valence-corrected chi connectivity index (χ2v) is 11.8. The van der Waals surface area contributed by atoms with E-state index in [0.29, 0.717) is 30.4 Å². The molecule has 1 unspecified atom stereocenters. The fraction of sp³-hybridized carbons (Fsp3) is 0.320. The van der Waals surface area contributed by atoms with Crippen molar-refractivity contribution in [2.75, 3.05) is 18.4 Å². The number of aromatic nitrogens is 3. The molecule has 1 N–H and O–H groups in total. The summed E-state index contributed by atoms with van der Waals surface area (Å²) in [5.41, 5.74) is 3.42. The Morgan fingerprint density at radius 1 is 1.09 bits per heavy atom. The molecular weight excluding hydrogens is 482 g/mol. The molecule has 1 fully saturated rings. The van der Waals surface area contributed by atoms with Gasteiger partial charge in [-0.05, 0) is 68.1 Å². The van der Waals surface area contributed by atoms with E-state index in [1.54, 1.807) is 24.3 Å². The molecule has 1 saturated heterocycles. The summed E-state index contributed by atoms with van der Waals surface area (Å²) < 4.78 is 29.0. The number of fused-ring (bicyclic) bond motifs is 3. The summed E-state index contributed by atoms with van der Waals surface area (Å²) >= 11 is 1.37. The number of nitrogens with zero attached hydrogens (tertiary/aromatic N) is 4. The number of rotatable bonds is 7. The number of benzene rings is 2. The fourth-order valence-corrected chi connectivity index (χ4v) is 6.90. The van der Waals surface area contributed by atoms with E-state index in [1.165, 1.54) is 16.1 Å². The van der Waals surface area contributed by atoms with Gasteiger partial charge in [0.2, 0.25) is 15.9 Å². The zero-order chi connectivity index (χ0) is 24.6. The van der Waals surface area contributed by atoms with Crippen molar-refractivity contribution >= 4 is 49.9 Å². The van der Waals surface area contributed by atoms with Crippen LogP contribution in [0.5, 0.6) is 0 Å². The van der Waals surface area contributed by atoms with Crippen molar-refractivity contribution in [1.29, 1.82) is 0 Å². The average Bonchev–Trinajstić information content (AvgIpc) is 3.54. The third kappa shape index (κ3) is 4.53. The van der Waals surface area contributed by atoms with Gasteiger partial charge in [0.05, 0.1) is 15.7 Å². The number of sulfonamides is 1. The summed E-state index contributed by atoms with van der Waals surface area (Å²) in [6.45, 7) is 5.12. The number of aryl methyl sites for hydroxylation is 1. The summed E-state index contributed by atoms with van der Waals surface area (Å²) in [4.78, 5) is 13.3. The fourth-order valence-electron chi connectivity index (χ4n) is 4.41. The van der Waals surface area contributed by atoms with Crippen LogP contribution in [0.3, 0.4) is 0 Å². The molecule has 0 bridgehead atoms. The van der Waals surface area contributed by atoms with E-state index in [-0.39, 0.29) is 10.8 Å². The second-order valence-electron chi connectivity index (χ2n) is 8.66. The lowest BCUT2D eigenvalue weighted by atomic mass is 10.1. The molecule has 1 amide bonds. The third-order valence-electron chi connectivity index (χ3n) is 6.31. The van der Waals surface area contributed by atoms with Gasteiger partial charge in [0.15, 0.2) is 10.8 Å². The van der Waals surface area contributed by atoms with E-state index in [1.807, 2.05) is 42.5 Å². The summed E-state index contributed by atoms with van der Waals surface area (Å²) in [5, 5.41) is 13.0. The van der Waals surface area contributed by atoms with Crippen LogP contribution >= 0.6 is 11.8 Å². The lowest BCUT2D eigenvalue weighted by molar-refractivity contribution is -0.115. The summed E-state index contributed by atoms with van der Waals surface area (Å²) in [6, 6.07) is 16.5. The molecule has 2 aromatic heterocycles. The Bertz CT molecular complexity index is 1490. The molecule has 8 nitrogen and oxygen atoms in total. The molecule has 0 spiro atoms. The van der Waals surface area contributed by atoms with Crippen molar-refractivity contribution < 1.29 is 13.2 Å². The lowest BCUT2D eigenvalue weighted by Gasteiger charge is -2.17. The van der Waals surface area contributed by atoms with Crippen LogP contribution in [0.15, 0.2) is 64.6 Å². The number of nitrogens with one attached hydrogen (secondary N) is 1. The summed E-state index contributed by atoms with van der Waals surface area (Å²) in [7, 11) is -3.48. The molecule has 1 atom stereocenters. The van der Waals surface area contributed by atoms with Gasteiger partial charge >= 0.3 is 0 Å². The van der Waals surface area contributed by atoms with Crippen LogP contribution in [0.4, 0.5) is 5.69 Å². The number of pyridine rings is 1. The minimum absolute atomic E-state index is 0.166. The minimum atomic E-state index is -3.48. The molecule has 1 aliphatic rings. The summed E-state index contributed by atoms with van der Waals surface area (Å²) in [5.74, 6) is -0.166. The Morgan fingerprint density at radius 2 is 1.80 bits per heavy atom. The smallest absolute Gasteiger partial charge is 0.243 e. The first kappa shape index (κ1) is 23.8. The van der Waals surface area contributed by atoms with Crippen LogP contribution in [-0.2, 0) is 14.8 Å². The van der Waals surface area contributed by atoms with Crippen LogP contribution in [0.2, 0.25) is 0 Å². The third-order valence-corrected chi connectivity index (χ3v) is 9.53. The van der Waals surface area contributed by atoms with Gasteiger partial charge in [0, 0.05) is 24.2 Å². The van der Waals surface area contributed by atoms with Crippen molar-refractivity contribution in [1.82, 2.24) is 18.9 Å². The van der Waals surface area contributed by atoms with Gasteiger partial charge in [0.1, 0.15) is 0 Å².